The van der Waals surface area contributed by atoms with E-state index in [9.17, 15) is 18.0 Å². The number of sulfonamides is 1. The molecule has 0 spiro atoms. The highest BCUT2D eigenvalue weighted by Crippen LogP contribution is 2.36. The summed E-state index contributed by atoms with van der Waals surface area (Å²) >= 11 is 0. The number of ether oxygens (including phenoxy) is 2. The lowest BCUT2D eigenvalue weighted by molar-refractivity contribution is -0.119. The zero-order valence-electron chi connectivity index (χ0n) is 21.0. The highest BCUT2D eigenvalue weighted by molar-refractivity contribution is 7.92. The Morgan fingerprint density at radius 3 is 2.68 bits per heavy atom. The number of fused-ring (bicyclic) bond motifs is 1. The molecule has 0 aliphatic carbocycles. The predicted molar refractivity (Wildman–Crippen MR) is 136 cm³/mol. The molecule has 3 heterocycles. The second-order valence-electron chi connectivity index (χ2n) is 9.24. The van der Waals surface area contributed by atoms with E-state index in [4.69, 9.17) is 15.2 Å². The van der Waals surface area contributed by atoms with Gasteiger partial charge in [-0.05, 0) is 31.9 Å². The van der Waals surface area contributed by atoms with Crippen LogP contribution >= 0.6 is 0 Å². The highest BCUT2D eigenvalue weighted by atomic mass is 32.2. The number of aryl methyl sites for hydroxylation is 1. The maximum Gasteiger partial charge on any atom is 0.281 e. The smallest absolute Gasteiger partial charge is 0.281 e. The first-order valence-corrected chi connectivity index (χ1v) is 13.3. The molecule has 1 saturated heterocycles. The minimum absolute atomic E-state index is 0.0312. The first-order chi connectivity index (χ1) is 17.5. The number of amides is 2. The molecular weight excluding hydrogens is 500 g/mol. The number of hydrogen-bond acceptors (Lipinski definition) is 8. The van der Waals surface area contributed by atoms with Gasteiger partial charge in [-0.2, -0.15) is 8.42 Å². The third-order valence-electron chi connectivity index (χ3n) is 6.07. The van der Waals surface area contributed by atoms with Gasteiger partial charge in [-0.15, -0.1) is 0 Å². The Bertz CT molecular complexity index is 1450. The molecule has 2 aromatic heterocycles. The number of anilines is 1. The van der Waals surface area contributed by atoms with Gasteiger partial charge >= 0.3 is 0 Å². The van der Waals surface area contributed by atoms with Crippen molar-refractivity contribution in [1.82, 2.24) is 19.9 Å². The number of hydrogen-bond donors (Lipinski definition) is 3. The summed E-state index contributed by atoms with van der Waals surface area (Å²) in [5.41, 5.74) is 5.80. The molecule has 0 bridgehead atoms. The molecule has 1 aliphatic heterocycles. The van der Waals surface area contributed by atoms with E-state index >= 15 is 0 Å². The van der Waals surface area contributed by atoms with E-state index in [0.29, 0.717) is 17.2 Å². The van der Waals surface area contributed by atoms with Crippen molar-refractivity contribution in [2.24, 2.45) is 18.7 Å². The topological polar surface area (TPSA) is 168 Å². The van der Waals surface area contributed by atoms with E-state index in [-0.39, 0.29) is 58.5 Å². The van der Waals surface area contributed by atoms with E-state index in [1.54, 1.807) is 27.0 Å². The van der Waals surface area contributed by atoms with Crippen molar-refractivity contribution in [2.45, 2.75) is 50.8 Å². The van der Waals surface area contributed by atoms with Gasteiger partial charge in [0, 0.05) is 30.4 Å². The standard InChI is InChI=1S/C24H30N6O6S/c1-5-14-6-21(31)28-19(14)11-35-24-16-8-20(36-13(2)3)17(23(25)32)7-15(16)18(9-26-24)29-37(33,34)22-10-30(4)12-27-22/h7-10,12-14,19,29H,5-6,11H2,1-4H3,(H2,25,32)(H,28,31)/t14-,19-/m1/s1. The van der Waals surface area contributed by atoms with Crippen LogP contribution in [0.2, 0.25) is 0 Å². The van der Waals surface area contributed by atoms with E-state index in [1.807, 2.05) is 6.92 Å². The molecule has 13 heteroatoms. The number of nitrogens with zero attached hydrogens (tertiary/aromatic N) is 3. The average molecular weight is 531 g/mol. The normalized spacial score (nSPS) is 17.7. The highest BCUT2D eigenvalue weighted by Gasteiger charge is 2.32. The molecule has 4 rings (SSSR count). The van der Waals surface area contributed by atoms with Crippen molar-refractivity contribution in [3.8, 4) is 11.6 Å². The summed E-state index contributed by atoms with van der Waals surface area (Å²) < 4.78 is 41.8. The molecule has 0 saturated carbocycles. The second kappa shape index (κ2) is 10.2. The fourth-order valence-electron chi connectivity index (χ4n) is 4.25. The molecule has 12 nitrogen and oxygen atoms in total. The Morgan fingerprint density at radius 1 is 1.30 bits per heavy atom. The number of benzene rings is 1. The summed E-state index contributed by atoms with van der Waals surface area (Å²) in [4.78, 5) is 32.4. The van der Waals surface area contributed by atoms with Gasteiger partial charge in [0.2, 0.25) is 11.8 Å². The van der Waals surface area contributed by atoms with Crippen LogP contribution in [-0.4, -0.2) is 53.5 Å². The summed E-state index contributed by atoms with van der Waals surface area (Å²) in [5, 5.41) is 3.47. The van der Waals surface area contributed by atoms with Crippen LogP contribution in [0, 0.1) is 5.92 Å². The average Bonchev–Trinajstić information content (AvgIpc) is 3.42. The molecule has 1 fully saturated rings. The SMILES string of the molecule is CC[C@@H]1CC(=O)N[C@@H]1COc1ncc(NS(=O)(=O)c2cn(C)cn2)c2cc(C(N)=O)c(OC(C)C)cc12. The summed E-state index contributed by atoms with van der Waals surface area (Å²) in [5.74, 6) is -0.237. The molecule has 3 aromatic rings. The quantitative estimate of drug-likeness (QED) is 0.357. The number of carbonyl (C=O) groups excluding carboxylic acids is 2. The van der Waals surface area contributed by atoms with Crippen LogP contribution in [0.25, 0.3) is 10.8 Å². The number of carbonyl (C=O) groups is 2. The lowest BCUT2D eigenvalue weighted by Crippen LogP contribution is -2.34. The number of imidazole rings is 1. The van der Waals surface area contributed by atoms with Crippen molar-refractivity contribution in [3.05, 3.63) is 36.4 Å². The molecule has 198 valence electrons. The zero-order valence-corrected chi connectivity index (χ0v) is 21.8. The monoisotopic (exact) mass is 530 g/mol. The maximum atomic E-state index is 13.0. The molecule has 37 heavy (non-hydrogen) atoms. The molecule has 0 unspecified atom stereocenters. The minimum Gasteiger partial charge on any atom is -0.490 e. The minimum atomic E-state index is -4.06. The van der Waals surface area contributed by atoms with Gasteiger partial charge in [-0.25, -0.2) is 9.97 Å². The second-order valence-corrected chi connectivity index (χ2v) is 10.9. The fraction of sp³-hybridized carbons (Fsp3) is 0.417. The van der Waals surface area contributed by atoms with Crippen LogP contribution in [-0.2, 0) is 21.9 Å². The van der Waals surface area contributed by atoms with Crippen LogP contribution in [0.4, 0.5) is 5.69 Å². The van der Waals surface area contributed by atoms with Crippen LogP contribution in [0.1, 0.15) is 44.0 Å². The Kier molecular flexibility index (Phi) is 7.25. The third-order valence-corrected chi connectivity index (χ3v) is 7.32. The number of aromatic nitrogens is 3. The first kappa shape index (κ1) is 26.2. The zero-order chi connectivity index (χ0) is 26.9. The lowest BCUT2D eigenvalue weighted by Gasteiger charge is -2.20. The molecule has 0 radical (unpaired) electrons. The Labute approximate surface area is 214 Å². The van der Waals surface area contributed by atoms with Gasteiger partial charge in [0.15, 0.2) is 5.03 Å². The lowest BCUT2D eigenvalue weighted by atomic mass is 9.98. The van der Waals surface area contributed by atoms with Crippen molar-refractivity contribution in [1.29, 1.82) is 0 Å². The molecule has 1 aromatic carbocycles. The van der Waals surface area contributed by atoms with Gasteiger partial charge in [0.1, 0.15) is 12.4 Å². The van der Waals surface area contributed by atoms with Gasteiger partial charge in [0.05, 0.1) is 35.9 Å². The van der Waals surface area contributed by atoms with Crippen LogP contribution in [0.3, 0.4) is 0 Å². The van der Waals surface area contributed by atoms with E-state index in [0.717, 1.165) is 6.42 Å². The van der Waals surface area contributed by atoms with Crippen LogP contribution < -0.4 is 25.2 Å². The summed E-state index contributed by atoms with van der Waals surface area (Å²) in [6.45, 7) is 5.78. The number of nitrogens with two attached hydrogens (primary N) is 1. The van der Waals surface area contributed by atoms with Gasteiger partial charge in [0.25, 0.3) is 15.9 Å². The Balaban J connectivity index is 1.79. The van der Waals surface area contributed by atoms with Crippen LogP contribution in [0.5, 0.6) is 11.6 Å². The number of rotatable bonds is 10. The summed E-state index contributed by atoms with van der Waals surface area (Å²) in [7, 11) is -2.41. The van der Waals surface area contributed by atoms with Gasteiger partial charge < -0.3 is 25.1 Å². The summed E-state index contributed by atoms with van der Waals surface area (Å²) in [6, 6.07) is 2.82. The van der Waals surface area contributed by atoms with Crippen LogP contribution in [0.15, 0.2) is 35.9 Å². The number of pyridine rings is 1. The Morgan fingerprint density at radius 2 is 2.05 bits per heavy atom. The van der Waals surface area contributed by atoms with Crippen molar-refractivity contribution < 1.29 is 27.5 Å². The van der Waals surface area contributed by atoms with E-state index in [1.165, 1.54) is 29.4 Å². The van der Waals surface area contributed by atoms with Crippen molar-refractivity contribution >= 4 is 38.3 Å². The summed E-state index contributed by atoms with van der Waals surface area (Å²) in [6.07, 6.45) is 5.01. The first-order valence-electron chi connectivity index (χ1n) is 11.8. The van der Waals surface area contributed by atoms with E-state index in [2.05, 4.69) is 20.0 Å². The molecule has 2 amide bonds. The molecular formula is C24H30N6O6S. The molecule has 2 atom stereocenters. The maximum absolute atomic E-state index is 13.0. The van der Waals surface area contributed by atoms with Crippen molar-refractivity contribution in [2.75, 3.05) is 11.3 Å². The number of primary amides is 1. The van der Waals surface area contributed by atoms with E-state index < -0.39 is 15.9 Å². The fourth-order valence-corrected chi connectivity index (χ4v) is 5.29. The predicted octanol–water partition coefficient (Wildman–Crippen LogP) is 1.95. The molecule has 1 aliphatic rings. The van der Waals surface area contributed by atoms with Crippen molar-refractivity contribution in [3.63, 3.8) is 0 Å². The van der Waals surface area contributed by atoms with Gasteiger partial charge in [-0.1, -0.05) is 13.3 Å². The largest absolute Gasteiger partial charge is 0.490 e. The number of nitrogens with one attached hydrogen (secondary N) is 2. The third kappa shape index (κ3) is 5.61. The molecule has 4 N–H and O–H groups in total. The Hall–Kier alpha value is -3.87. The van der Waals surface area contributed by atoms with Gasteiger partial charge in [-0.3, -0.25) is 14.3 Å².